The van der Waals surface area contributed by atoms with Crippen LogP contribution in [0.3, 0.4) is 0 Å². The second-order valence-corrected chi connectivity index (χ2v) is 4.22. The van der Waals surface area contributed by atoms with Gasteiger partial charge in [0.05, 0.1) is 0 Å². The Balaban J connectivity index is 2.44. The highest BCUT2D eigenvalue weighted by Crippen LogP contribution is 2.19. The Kier molecular flexibility index (Phi) is 5.51. The fourth-order valence-corrected chi connectivity index (χ4v) is 1.78. The van der Waals surface area contributed by atoms with Crippen molar-refractivity contribution in [3.05, 3.63) is 34.9 Å². The number of hydrogen-bond acceptors (Lipinski definition) is 2. The molecule has 1 atom stereocenters. The van der Waals surface area contributed by atoms with Crippen LogP contribution in [-0.4, -0.2) is 19.6 Å². The third-order valence-electron chi connectivity index (χ3n) is 2.64. The van der Waals surface area contributed by atoms with E-state index in [1.165, 1.54) is 5.56 Å². The molecule has 1 aromatic rings. The predicted molar refractivity (Wildman–Crippen MR) is 64.3 cm³/mol. The van der Waals surface area contributed by atoms with Gasteiger partial charge in [0.2, 0.25) is 0 Å². The minimum Gasteiger partial charge on any atom is -0.375 e. The van der Waals surface area contributed by atoms with E-state index in [0.29, 0.717) is 6.42 Å². The van der Waals surface area contributed by atoms with E-state index in [9.17, 15) is 8.78 Å². The molecule has 0 spiro atoms. The Morgan fingerprint density at radius 2 is 2.00 bits per heavy atom. The van der Waals surface area contributed by atoms with Gasteiger partial charge in [-0.1, -0.05) is 23.8 Å². The van der Waals surface area contributed by atoms with Crippen molar-refractivity contribution in [2.24, 2.45) is 5.73 Å². The molecule has 96 valence electrons. The van der Waals surface area contributed by atoms with Crippen LogP contribution in [0.25, 0.3) is 0 Å². The fourth-order valence-electron chi connectivity index (χ4n) is 1.78. The maximum Gasteiger partial charge on any atom is 0.261 e. The lowest BCUT2D eigenvalue weighted by molar-refractivity contribution is 0.0152. The molecular weight excluding hydrogens is 224 g/mol. The number of halogens is 2. The fraction of sp³-hybridized carbons (Fsp3) is 0.538. The number of ether oxygens (including phenoxy) is 1. The van der Waals surface area contributed by atoms with Gasteiger partial charge < -0.3 is 10.5 Å². The van der Waals surface area contributed by atoms with E-state index in [1.54, 1.807) is 0 Å². The monoisotopic (exact) mass is 243 g/mol. The molecular formula is C13H19F2NO. The topological polar surface area (TPSA) is 35.2 Å². The zero-order valence-electron chi connectivity index (χ0n) is 10.2. The van der Waals surface area contributed by atoms with Crippen molar-refractivity contribution in [2.75, 3.05) is 13.2 Å². The Hall–Kier alpha value is -1.00. The molecule has 1 unspecified atom stereocenters. The van der Waals surface area contributed by atoms with Gasteiger partial charge in [0, 0.05) is 12.6 Å². The minimum atomic E-state index is -2.41. The maximum absolute atomic E-state index is 11.8. The first-order valence-corrected chi connectivity index (χ1v) is 5.69. The van der Waals surface area contributed by atoms with Crippen LogP contribution in [0, 0.1) is 13.8 Å². The lowest BCUT2D eigenvalue weighted by Crippen LogP contribution is -2.15. The second kappa shape index (κ2) is 6.67. The predicted octanol–water partition coefficient (Wildman–Crippen LogP) is 2.98. The van der Waals surface area contributed by atoms with Crippen molar-refractivity contribution >= 4 is 0 Å². The Morgan fingerprint density at radius 3 is 2.59 bits per heavy atom. The van der Waals surface area contributed by atoms with Crippen molar-refractivity contribution in [3.8, 4) is 0 Å². The van der Waals surface area contributed by atoms with Crippen molar-refractivity contribution < 1.29 is 13.5 Å². The van der Waals surface area contributed by atoms with Gasteiger partial charge in [0.25, 0.3) is 6.43 Å². The quantitative estimate of drug-likeness (QED) is 0.779. The minimum absolute atomic E-state index is 0.159. The molecule has 0 aliphatic rings. The van der Waals surface area contributed by atoms with Gasteiger partial charge in [-0.3, -0.25) is 0 Å². The van der Waals surface area contributed by atoms with Gasteiger partial charge in [-0.05, 0) is 31.4 Å². The first-order valence-electron chi connectivity index (χ1n) is 5.69. The van der Waals surface area contributed by atoms with E-state index < -0.39 is 13.0 Å². The zero-order chi connectivity index (χ0) is 12.8. The SMILES string of the molecule is Cc1ccc(C(N)CCOCC(F)F)c(C)c1. The Morgan fingerprint density at radius 1 is 1.29 bits per heavy atom. The normalized spacial score (nSPS) is 13.1. The summed E-state index contributed by atoms with van der Waals surface area (Å²) < 4.78 is 28.5. The van der Waals surface area contributed by atoms with Crippen molar-refractivity contribution in [1.29, 1.82) is 0 Å². The average Bonchev–Trinajstić information content (AvgIpc) is 2.23. The third kappa shape index (κ3) is 4.79. The highest BCUT2D eigenvalue weighted by Gasteiger charge is 2.09. The molecule has 0 aliphatic heterocycles. The molecule has 0 aliphatic carbocycles. The van der Waals surface area contributed by atoms with Gasteiger partial charge in [0.15, 0.2) is 0 Å². The molecule has 0 amide bonds. The van der Waals surface area contributed by atoms with Gasteiger partial charge in [-0.2, -0.15) is 0 Å². The number of hydrogen-bond donors (Lipinski definition) is 1. The molecule has 0 fully saturated rings. The van der Waals surface area contributed by atoms with E-state index >= 15 is 0 Å². The molecule has 1 aromatic carbocycles. The van der Waals surface area contributed by atoms with Crippen LogP contribution < -0.4 is 5.73 Å². The molecule has 2 nitrogen and oxygen atoms in total. The molecule has 0 radical (unpaired) electrons. The summed E-state index contributed by atoms with van der Waals surface area (Å²) in [7, 11) is 0. The summed E-state index contributed by atoms with van der Waals surface area (Å²) in [6, 6.07) is 5.90. The largest absolute Gasteiger partial charge is 0.375 e. The van der Waals surface area contributed by atoms with Crippen LogP contribution >= 0.6 is 0 Å². The smallest absolute Gasteiger partial charge is 0.261 e. The summed E-state index contributed by atoms with van der Waals surface area (Å²) in [6.07, 6.45) is -1.86. The van der Waals surface area contributed by atoms with E-state index in [4.69, 9.17) is 10.5 Å². The molecule has 0 saturated heterocycles. The molecule has 4 heteroatoms. The van der Waals surface area contributed by atoms with Crippen molar-refractivity contribution in [3.63, 3.8) is 0 Å². The van der Waals surface area contributed by atoms with Crippen molar-refractivity contribution in [1.82, 2.24) is 0 Å². The van der Waals surface area contributed by atoms with E-state index in [-0.39, 0.29) is 12.6 Å². The summed E-state index contributed by atoms with van der Waals surface area (Å²) in [4.78, 5) is 0. The van der Waals surface area contributed by atoms with Gasteiger partial charge in [-0.15, -0.1) is 0 Å². The number of rotatable bonds is 6. The summed E-state index contributed by atoms with van der Waals surface area (Å²) in [5.41, 5.74) is 9.37. The molecule has 1 rings (SSSR count). The van der Waals surface area contributed by atoms with Crippen LogP contribution in [-0.2, 0) is 4.74 Å². The first-order chi connectivity index (χ1) is 8.00. The van der Waals surface area contributed by atoms with E-state index in [2.05, 4.69) is 6.07 Å². The Labute approximate surface area is 101 Å². The third-order valence-corrected chi connectivity index (χ3v) is 2.64. The number of benzene rings is 1. The van der Waals surface area contributed by atoms with Crippen molar-refractivity contribution in [2.45, 2.75) is 32.7 Å². The van der Waals surface area contributed by atoms with Crippen LogP contribution in [0.1, 0.15) is 29.2 Å². The lowest BCUT2D eigenvalue weighted by Gasteiger charge is -2.15. The molecule has 0 heterocycles. The van der Waals surface area contributed by atoms with Crippen LogP contribution in [0.4, 0.5) is 8.78 Å². The molecule has 17 heavy (non-hydrogen) atoms. The summed E-state index contributed by atoms with van der Waals surface area (Å²) >= 11 is 0. The Bertz CT molecular complexity index is 355. The molecule has 0 saturated carbocycles. The summed E-state index contributed by atoms with van der Waals surface area (Å²) in [6.45, 7) is 3.77. The average molecular weight is 243 g/mol. The standard InChI is InChI=1S/C13H19F2NO/c1-9-3-4-11(10(2)7-9)12(16)5-6-17-8-13(14)15/h3-4,7,12-13H,5-6,8,16H2,1-2H3. The van der Waals surface area contributed by atoms with E-state index in [0.717, 1.165) is 11.1 Å². The van der Waals surface area contributed by atoms with Crippen LogP contribution in [0.15, 0.2) is 18.2 Å². The summed E-state index contributed by atoms with van der Waals surface area (Å²) in [5, 5.41) is 0. The van der Waals surface area contributed by atoms with Gasteiger partial charge >= 0.3 is 0 Å². The number of alkyl halides is 2. The number of aryl methyl sites for hydroxylation is 2. The highest BCUT2D eigenvalue weighted by molar-refractivity contribution is 5.32. The van der Waals surface area contributed by atoms with E-state index in [1.807, 2.05) is 26.0 Å². The molecule has 0 bridgehead atoms. The zero-order valence-corrected chi connectivity index (χ0v) is 10.2. The molecule has 0 aromatic heterocycles. The number of nitrogens with two attached hydrogens (primary N) is 1. The first kappa shape index (κ1) is 14.1. The lowest BCUT2D eigenvalue weighted by atomic mass is 9.98. The van der Waals surface area contributed by atoms with Gasteiger partial charge in [0.1, 0.15) is 6.61 Å². The van der Waals surface area contributed by atoms with Crippen LogP contribution in [0.5, 0.6) is 0 Å². The summed E-state index contributed by atoms with van der Waals surface area (Å²) in [5.74, 6) is 0. The highest BCUT2D eigenvalue weighted by atomic mass is 19.3. The van der Waals surface area contributed by atoms with Gasteiger partial charge in [-0.25, -0.2) is 8.78 Å². The van der Waals surface area contributed by atoms with Crippen LogP contribution in [0.2, 0.25) is 0 Å². The second-order valence-electron chi connectivity index (χ2n) is 4.22. The molecule has 2 N–H and O–H groups in total. The maximum atomic E-state index is 11.8.